The maximum atomic E-state index is 12.3. The van der Waals surface area contributed by atoms with Gasteiger partial charge < -0.3 is 15.4 Å². The molecule has 0 aromatic heterocycles. The third-order valence-electron chi connectivity index (χ3n) is 4.66. The van der Waals surface area contributed by atoms with E-state index in [2.05, 4.69) is 10.6 Å². The summed E-state index contributed by atoms with van der Waals surface area (Å²) in [5.74, 6) is -1.52. The van der Waals surface area contributed by atoms with Crippen LogP contribution in [0.15, 0.2) is 82.6 Å². The number of ether oxygens (including phenoxy) is 1. The van der Waals surface area contributed by atoms with Gasteiger partial charge in [0.1, 0.15) is 6.54 Å². The third kappa shape index (κ3) is 6.72. The first-order valence-electron chi connectivity index (χ1n) is 10.1. The van der Waals surface area contributed by atoms with Crippen molar-refractivity contribution in [2.75, 3.05) is 18.5 Å². The molecule has 0 spiro atoms. The quantitative estimate of drug-likeness (QED) is 0.500. The van der Waals surface area contributed by atoms with Crippen molar-refractivity contribution in [3.8, 4) is 0 Å². The summed E-state index contributed by atoms with van der Waals surface area (Å²) in [4.78, 5) is 38.3. The average molecular weight is 449 g/mol. The summed E-state index contributed by atoms with van der Waals surface area (Å²) in [6.07, 6.45) is 0. The number of amides is 2. The highest BCUT2D eigenvalue weighted by Crippen LogP contribution is 2.33. The van der Waals surface area contributed by atoms with Crippen LogP contribution in [0.25, 0.3) is 0 Å². The molecule has 0 radical (unpaired) electrons. The molecule has 3 aromatic rings. The van der Waals surface area contributed by atoms with Crippen LogP contribution < -0.4 is 10.6 Å². The van der Waals surface area contributed by atoms with Crippen molar-refractivity contribution in [2.24, 2.45) is 0 Å². The van der Waals surface area contributed by atoms with Crippen molar-refractivity contribution in [3.05, 3.63) is 89.5 Å². The Labute approximate surface area is 191 Å². The second-order valence-electron chi connectivity index (χ2n) is 7.10. The van der Waals surface area contributed by atoms with Gasteiger partial charge in [-0.1, -0.05) is 48.2 Å². The van der Waals surface area contributed by atoms with E-state index in [-0.39, 0.29) is 12.5 Å². The van der Waals surface area contributed by atoms with Gasteiger partial charge >= 0.3 is 5.97 Å². The molecule has 0 aliphatic rings. The summed E-state index contributed by atoms with van der Waals surface area (Å²) < 4.78 is 4.99. The van der Waals surface area contributed by atoms with E-state index in [0.29, 0.717) is 11.3 Å². The summed E-state index contributed by atoms with van der Waals surface area (Å²) in [5, 5.41) is 5.27. The Balaban J connectivity index is 1.47. The smallest absolute Gasteiger partial charge is 0.325 e. The van der Waals surface area contributed by atoms with Gasteiger partial charge in [0.25, 0.3) is 11.8 Å². The number of rotatable bonds is 8. The first kappa shape index (κ1) is 23.1. The molecule has 164 valence electrons. The molecule has 0 unspecified atom stereocenters. The van der Waals surface area contributed by atoms with Crippen LogP contribution in [-0.4, -0.2) is 30.9 Å². The van der Waals surface area contributed by atoms with Crippen LogP contribution in [0, 0.1) is 13.8 Å². The molecular formula is C25H24N2O4S. The van der Waals surface area contributed by atoms with Gasteiger partial charge in [0.2, 0.25) is 0 Å². The van der Waals surface area contributed by atoms with E-state index in [1.807, 2.05) is 68.4 Å². The predicted molar refractivity (Wildman–Crippen MR) is 125 cm³/mol. The van der Waals surface area contributed by atoms with Gasteiger partial charge in [-0.2, -0.15) is 0 Å². The minimum absolute atomic E-state index is 0.320. The number of para-hydroxylation sites is 1. The lowest BCUT2D eigenvalue weighted by Crippen LogP contribution is -2.32. The van der Waals surface area contributed by atoms with E-state index in [4.69, 9.17) is 4.74 Å². The zero-order valence-corrected chi connectivity index (χ0v) is 18.7. The molecular weight excluding hydrogens is 424 g/mol. The van der Waals surface area contributed by atoms with E-state index in [1.165, 1.54) is 11.8 Å². The van der Waals surface area contributed by atoms with Crippen LogP contribution in [0.5, 0.6) is 0 Å². The number of nitrogens with one attached hydrogen (secondary N) is 2. The fraction of sp³-hybridized carbons (Fsp3) is 0.160. The molecule has 0 saturated carbocycles. The number of aryl methyl sites for hydroxylation is 2. The number of carbonyl (C=O) groups excluding carboxylic acids is 3. The Morgan fingerprint density at radius 1 is 0.875 bits per heavy atom. The van der Waals surface area contributed by atoms with Crippen molar-refractivity contribution in [3.63, 3.8) is 0 Å². The fourth-order valence-corrected chi connectivity index (χ4v) is 3.72. The van der Waals surface area contributed by atoms with Crippen molar-refractivity contribution in [1.82, 2.24) is 5.32 Å². The highest BCUT2D eigenvalue weighted by molar-refractivity contribution is 7.99. The molecule has 3 rings (SSSR count). The molecule has 6 nitrogen and oxygen atoms in total. The Morgan fingerprint density at radius 3 is 2.34 bits per heavy atom. The molecule has 3 aromatic carbocycles. The SMILES string of the molecule is Cc1ccc(C(=O)NCC(=O)OCC(=O)Nc2ccccc2Sc2ccccc2)cc1C. The summed E-state index contributed by atoms with van der Waals surface area (Å²) in [6, 6.07) is 22.5. The van der Waals surface area contributed by atoms with Crippen LogP contribution >= 0.6 is 11.8 Å². The normalized spacial score (nSPS) is 10.3. The van der Waals surface area contributed by atoms with Crippen LogP contribution in [-0.2, 0) is 14.3 Å². The number of hydrogen-bond acceptors (Lipinski definition) is 5. The standard InChI is InChI=1S/C25H24N2O4S/c1-17-12-13-19(14-18(17)2)25(30)26-15-24(29)31-16-23(28)27-21-10-6-7-11-22(21)32-20-8-4-3-5-9-20/h3-14H,15-16H2,1-2H3,(H,26,30)(H,27,28). The minimum Gasteiger partial charge on any atom is -0.454 e. The highest BCUT2D eigenvalue weighted by atomic mass is 32.2. The second kappa shape index (κ2) is 11.2. The van der Waals surface area contributed by atoms with Crippen LogP contribution in [0.3, 0.4) is 0 Å². The minimum atomic E-state index is -0.690. The molecule has 2 amide bonds. The lowest BCUT2D eigenvalue weighted by atomic mass is 10.1. The third-order valence-corrected chi connectivity index (χ3v) is 5.74. The van der Waals surface area contributed by atoms with E-state index < -0.39 is 18.5 Å². The summed E-state index contributed by atoms with van der Waals surface area (Å²) in [7, 11) is 0. The molecule has 0 aliphatic heterocycles. The Morgan fingerprint density at radius 2 is 1.59 bits per heavy atom. The van der Waals surface area contributed by atoms with E-state index in [0.717, 1.165) is 20.9 Å². The molecule has 0 fully saturated rings. The zero-order chi connectivity index (χ0) is 22.9. The number of benzene rings is 3. The van der Waals surface area contributed by atoms with Gasteiger partial charge in [0.15, 0.2) is 6.61 Å². The molecule has 0 saturated heterocycles. The molecule has 0 atom stereocenters. The molecule has 0 heterocycles. The molecule has 32 heavy (non-hydrogen) atoms. The molecule has 0 bridgehead atoms. The van der Waals surface area contributed by atoms with Gasteiger partial charge in [-0.15, -0.1) is 0 Å². The number of hydrogen-bond donors (Lipinski definition) is 2. The first-order valence-corrected chi connectivity index (χ1v) is 10.9. The molecule has 0 aliphatic carbocycles. The summed E-state index contributed by atoms with van der Waals surface area (Å²) in [6.45, 7) is 3.11. The number of esters is 1. The lowest BCUT2D eigenvalue weighted by Gasteiger charge is -2.11. The topological polar surface area (TPSA) is 84.5 Å². The fourth-order valence-electron chi connectivity index (χ4n) is 2.79. The van der Waals surface area contributed by atoms with Crippen LogP contribution in [0.1, 0.15) is 21.5 Å². The van der Waals surface area contributed by atoms with Crippen LogP contribution in [0.2, 0.25) is 0 Å². The van der Waals surface area contributed by atoms with E-state index in [9.17, 15) is 14.4 Å². The lowest BCUT2D eigenvalue weighted by molar-refractivity contribution is -0.146. The van der Waals surface area contributed by atoms with Crippen molar-refractivity contribution >= 4 is 35.2 Å². The van der Waals surface area contributed by atoms with Gasteiger partial charge in [-0.05, 0) is 61.4 Å². The summed E-state index contributed by atoms with van der Waals surface area (Å²) in [5.41, 5.74) is 3.16. The van der Waals surface area contributed by atoms with Crippen LogP contribution in [0.4, 0.5) is 5.69 Å². The monoisotopic (exact) mass is 448 g/mol. The predicted octanol–water partition coefficient (Wildman–Crippen LogP) is 4.37. The average Bonchev–Trinajstić information content (AvgIpc) is 2.80. The Bertz CT molecular complexity index is 1120. The Kier molecular flexibility index (Phi) is 8.05. The first-order chi connectivity index (χ1) is 15.4. The van der Waals surface area contributed by atoms with Crippen molar-refractivity contribution in [2.45, 2.75) is 23.6 Å². The summed E-state index contributed by atoms with van der Waals surface area (Å²) >= 11 is 1.52. The highest BCUT2D eigenvalue weighted by Gasteiger charge is 2.13. The maximum absolute atomic E-state index is 12.3. The largest absolute Gasteiger partial charge is 0.454 e. The number of anilines is 1. The van der Waals surface area contributed by atoms with Gasteiger partial charge in [0.05, 0.1) is 5.69 Å². The van der Waals surface area contributed by atoms with Crippen molar-refractivity contribution < 1.29 is 19.1 Å². The second-order valence-corrected chi connectivity index (χ2v) is 8.22. The van der Waals surface area contributed by atoms with Gasteiger partial charge in [-0.3, -0.25) is 14.4 Å². The molecule has 2 N–H and O–H groups in total. The molecule has 7 heteroatoms. The van der Waals surface area contributed by atoms with E-state index >= 15 is 0 Å². The van der Waals surface area contributed by atoms with Gasteiger partial charge in [-0.25, -0.2) is 0 Å². The van der Waals surface area contributed by atoms with Gasteiger partial charge in [0, 0.05) is 15.4 Å². The van der Waals surface area contributed by atoms with Crippen molar-refractivity contribution in [1.29, 1.82) is 0 Å². The number of carbonyl (C=O) groups is 3. The Hall–Kier alpha value is -3.58. The maximum Gasteiger partial charge on any atom is 0.325 e. The van der Waals surface area contributed by atoms with E-state index in [1.54, 1.807) is 18.2 Å². The zero-order valence-electron chi connectivity index (χ0n) is 17.9.